The zero-order valence-electron chi connectivity index (χ0n) is 16.2. The van der Waals surface area contributed by atoms with Crippen molar-refractivity contribution in [2.75, 3.05) is 23.3 Å². The van der Waals surface area contributed by atoms with Crippen LogP contribution in [0.5, 0.6) is 0 Å². The molecular weight excluding hydrogens is 396 g/mol. The first-order chi connectivity index (χ1) is 13.8. The zero-order valence-corrected chi connectivity index (χ0v) is 17.0. The van der Waals surface area contributed by atoms with Crippen LogP contribution in [-0.4, -0.2) is 48.8 Å². The van der Waals surface area contributed by atoms with Crippen molar-refractivity contribution in [3.05, 3.63) is 35.6 Å². The van der Waals surface area contributed by atoms with Crippen LogP contribution in [0.15, 0.2) is 33.7 Å². The third-order valence-corrected chi connectivity index (χ3v) is 7.22. The molecule has 0 unspecified atom stereocenters. The standard InChI is InChI=1S/C19H22N4O5S/c1-12-10-18(21-28-12)20-19(25)17-4-3-8-23(17)29(26,27)15-5-6-16-14(11-15)7-9-22(16)13(2)24/h5-6,10-11,17H,3-4,7-9H2,1-2H3,(H,20,21,25)/t17-/m0/s1. The minimum atomic E-state index is -3.85. The van der Waals surface area contributed by atoms with Crippen LogP contribution in [0.2, 0.25) is 0 Å². The average Bonchev–Trinajstić information content (AvgIpc) is 3.40. The Balaban J connectivity index is 1.58. The van der Waals surface area contributed by atoms with Crippen LogP contribution in [0, 0.1) is 6.92 Å². The lowest BCUT2D eigenvalue weighted by Crippen LogP contribution is -2.43. The second-order valence-corrected chi connectivity index (χ2v) is 9.19. The molecule has 0 aliphatic carbocycles. The predicted octanol–water partition coefficient (Wildman–Crippen LogP) is 1.68. The number of aromatic nitrogens is 1. The molecule has 0 saturated carbocycles. The molecule has 3 heterocycles. The van der Waals surface area contributed by atoms with Gasteiger partial charge in [-0.3, -0.25) is 9.59 Å². The van der Waals surface area contributed by atoms with Gasteiger partial charge in [0.1, 0.15) is 11.8 Å². The minimum absolute atomic E-state index is 0.0706. The van der Waals surface area contributed by atoms with Gasteiger partial charge in [-0.25, -0.2) is 8.42 Å². The molecule has 2 aliphatic heterocycles. The Bertz CT molecular complexity index is 1080. The molecule has 2 aromatic rings. The van der Waals surface area contributed by atoms with Crippen molar-refractivity contribution in [1.82, 2.24) is 9.46 Å². The third-order valence-electron chi connectivity index (χ3n) is 5.32. The van der Waals surface area contributed by atoms with E-state index < -0.39 is 22.0 Å². The number of benzene rings is 1. The highest BCUT2D eigenvalue weighted by atomic mass is 32.2. The van der Waals surface area contributed by atoms with E-state index in [9.17, 15) is 18.0 Å². The number of amides is 2. The second-order valence-electron chi connectivity index (χ2n) is 7.30. The predicted molar refractivity (Wildman–Crippen MR) is 105 cm³/mol. The van der Waals surface area contributed by atoms with Gasteiger partial charge in [-0.1, -0.05) is 5.16 Å². The number of nitrogens with one attached hydrogen (secondary N) is 1. The molecule has 10 heteroatoms. The molecule has 29 heavy (non-hydrogen) atoms. The lowest BCUT2D eigenvalue weighted by molar-refractivity contribution is -0.119. The van der Waals surface area contributed by atoms with Gasteiger partial charge >= 0.3 is 0 Å². The van der Waals surface area contributed by atoms with E-state index in [2.05, 4.69) is 10.5 Å². The van der Waals surface area contributed by atoms with E-state index >= 15 is 0 Å². The van der Waals surface area contributed by atoms with E-state index in [0.717, 1.165) is 11.3 Å². The summed E-state index contributed by atoms with van der Waals surface area (Å²) < 4.78 is 32.7. The van der Waals surface area contributed by atoms with Crippen LogP contribution in [0.4, 0.5) is 11.5 Å². The average molecular weight is 418 g/mol. The summed E-state index contributed by atoms with van der Waals surface area (Å²) in [5.41, 5.74) is 1.56. The first-order valence-corrected chi connectivity index (χ1v) is 10.9. The lowest BCUT2D eigenvalue weighted by atomic mass is 10.2. The Morgan fingerprint density at radius 2 is 2.03 bits per heavy atom. The van der Waals surface area contributed by atoms with Gasteiger partial charge in [0.05, 0.1) is 4.90 Å². The number of nitrogens with zero attached hydrogens (tertiary/aromatic N) is 3. The number of carbonyl (C=O) groups excluding carboxylic acids is 2. The highest BCUT2D eigenvalue weighted by Crippen LogP contribution is 2.33. The van der Waals surface area contributed by atoms with Crippen LogP contribution >= 0.6 is 0 Å². The smallest absolute Gasteiger partial charge is 0.244 e. The van der Waals surface area contributed by atoms with Crippen molar-refractivity contribution in [3.63, 3.8) is 0 Å². The maximum absolute atomic E-state index is 13.3. The first kappa shape index (κ1) is 19.6. The Kier molecular flexibility index (Phi) is 4.91. The highest BCUT2D eigenvalue weighted by molar-refractivity contribution is 7.89. The molecule has 0 radical (unpaired) electrons. The quantitative estimate of drug-likeness (QED) is 0.808. The Hall–Kier alpha value is -2.72. The van der Waals surface area contributed by atoms with Gasteiger partial charge in [0.25, 0.3) is 0 Å². The number of rotatable bonds is 4. The van der Waals surface area contributed by atoms with E-state index in [4.69, 9.17) is 4.52 Å². The third kappa shape index (κ3) is 3.53. The molecule has 0 spiro atoms. The molecule has 1 fully saturated rings. The van der Waals surface area contributed by atoms with E-state index in [-0.39, 0.29) is 23.2 Å². The molecule has 1 aromatic carbocycles. The summed E-state index contributed by atoms with van der Waals surface area (Å²) >= 11 is 0. The van der Waals surface area contributed by atoms with Crippen LogP contribution in [0.1, 0.15) is 31.1 Å². The van der Waals surface area contributed by atoms with E-state index in [1.165, 1.54) is 17.3 Å². The molecule has 9 nitrogen and oxygen atoms in total. The fraction of sp³-hybridized carbons (Fsp3) is 0.421. The summed E-state index contributed by atoms with van der Waals surface area (Å²) in [4.78, 5) is 26.2. The number of fused-ring (bicyclic) bond motifs is 1. The summed E-state index contributed by atoms with van der Waals surface area (Å²) in [7, 11) is -3.85. The van der Waals surface area contributed by atoms with Gasteiger partial charge < -0.3 is 14.7 Å². The van der Waals surface area contributed by atoms with Crippen LogP contribution in [0.3, 0.4) is 0 Å². The Labute approximate surface area is 168 Å². The fourth-order valence-corrected chi connectivity index (χ4v) is 5.63. The van der Waals surface area contributed by atoms with Gasteiger partial charge in [0, 0.05) is 31.8 Å². The Morgan fingerprint density at radius 3 is 2.72 bits per heavy atom. The maximum atomic E-state index is 13.3. The number of sulfonamides is 1. The molecule has 1 atom stereocenters. The molecule has 1 aromatic heterocycles. The van der Waals surface area contributed by atoms with Crippen molar-refractivity contribution >= 4 is 33.3 Å². The molecule has 0 bridgehead atoms. The Morgan fingerprint density at radius 1 is 1.24 bits per heavy atom. The van der Waals surface area contributed by atoms with Gasteiger partial charge in [0.15, 0.2) is 5.82 Å². The van der Waals surface area contributed by atoms with Gasteiger partial charge in [-0.15, -0.1) is 0 Å². The van der Waals surface area contributed by atoms with Gasteiger partial charge in [0.2, 0.25) is 21.8 Å². The molecule has 1 saturated heterocycles. The summed E-state index contributed by atoms with van der Waals surface area (Å²) in [6, 6.07) is 5.55. The summed E-state index contributed by atoms with van der Waals surface area (Å²) in [6.07, 6.45) is 1.64. The number of aryl methyl sites for hydroxylation is 1. The van der Waals surface area contributed by atoms with E-state index in [0.29, 0.717) is 31.6 Å². The van der Waals surface area contributed by atoms with Gasteiger partial charge in [-0.2, -0.15) is 4.31 Å². The topological polar surface area (TPSA) is 113 Å². The molecule has 154 valence electrons. The molecular formula is C19H22N4O5S. The lowest BCUT2D eigenvalue weighted by Gasteiger charge is -2.23. The summed E-state index contributed by atoms with van der Waals surface area (Å²) in [5.74, 6) is 0.314. The maximum Gasteiger partial charge on any atom is 0.244 e. The van der Waals surface area contributed by atoms with Crippen LogP contribution < -0.4 is 10.2 Å². The number of anilines is 2. The zero-order chi connectivity index (χ0) is 20.8. The van der Waals surface area contributed by atoms with Crippen LogP contribution in [-0.2, 0) is 26.0 Å². The van der Waals surface area contributed by atoms with Crippen molar-refractivity contribution in [1.29, 1.82) is 0 Å². The molecule has 1 N–H and O–H groups in total. The van der Waals surface area contributed by atoms with E-state index in [1.807, 2.05) is 0 Å². The van der Waals surface area contributed by atoms with Crippen molar-refractivity contribution < 1.29 is 22.5 Å². The number of hydrogen-bond donors (Lipinski definition) is 1. The summed E-state index contributed by atoms with van der Waals surface area (Å²) in [6.45, 7) is 4.01. The second kappa shape index (κ2) is 7.27. The molecule has 2 amide bonds. The fourth-order valence-electron chi connectivity index (χ4n) is 3.93. The number of carbonyl (C=O) groups is 2. The molecule has 4 rings (SSSR count). The summed E-state index contributed by atoms with van der Waals surface area (Å²) in [5, 5.41) is 6.35. The normalized spacial score (nSPS) is 19.4. The van der Waals surface area contributed by atoms with Crippen molar-refractivity contribution in [3.8, 4) is 0 Å². The molecule has 2 aliphatic rings. The largest absolute Gasteiger partial charge is 0.360 e. The first-order valence-electron chi connectivity index (χ1n) is 9.44. The monoisotopic (exact) mass is 418 g/mol. The van der Waals surface area contributed by atoms with Crippen molar-refractivity contribution in [2.24, 2.45) is 0 Å². The van der Waals surface area contributed by atoms with Gasteiger partial charge in [-0.05, 0) is 49.9 Å². The minimum Gasteiger partial charge on any atom is -0.360 e. The van der Waals surface area contributed by atoms with E-state index in [1.54, 1.807) is 30.0 Å². The SMILES string of the molecule is CC(=O)N1CCc2cc(S(=O)(=O)N3CCC[C@H]3C(=O)Nc3cc(C)on3)ccc21. The van der Waals surface area contributed by atoms with Crippen molar-refractivity contribution in [2.45, 2.75) is 44.0 Å². The van der Waals surface area contributed by atoms with Crippen LogP contribution in [0.25, 0.3) is 0 Å². The number of hydrogen-bond acceptors (Lipinski definition) is 6. The highest BCUT2D eigenvalue weighted by Gasteiger charge is 2.40.